The third-order valence-corrected chi connectivity index (χ3v) is 3.50. The van der Waals surface area contributed by atoms with E-state index in [-0.39, 0.29) is 23.9 Å². The highest BCUT2D eigenvalue weighted by Crippen LogP contribution is 2.25. The van der Waals surface area contributed by atoms with Crippen molar-refractivity contribution >= 4 is 11.8 Å². The predicted octanol–water partition coefficient (Wildman–Crippen LogP) is 2.24. The number of hydrogen-bond acceptors (Lipinski definition) is 4. The monoisotopic (exact) mass is 345 g/mol. The molecule has 0 fully saturated rings. The lowest BCUT2D eigenvalue weighted by atomic mass is 10.1. The summed E-state index contributed by atoms with van der Waals surface area (Å²) in [7, 11) is 0. The second-order valence-corrected chi connectivity index (χ2v) is 5.49. The number of halogens is 1. The molecule has 0 bridgehead atoms. The highest BCUT2D eigenvalue weighted by Gasteiger charge is 2.15. The number of aromatic hydroxyl groups is 1. The molecular formula is C18H20FN3O3. The lowest BCUT2D eigenvalue weighted by Gasteiger charge is -2.08. The van der Waals surface area contributed by atoms with Crippen LogP contribution in [0.5, 0.6) is 5.75 Å². The van der Waals surface area contributed by atoms with E-state index in [2.05, 4.69) is 15.6 Å². The van der Waals surface area contributed by atoms with Crippen molar-refractivity contribution < 1.29 is 19.1 Å². The Hall–Kier alpha value is -2.96. The molecule has 2 amide bonds. The Kier molecular flexibility index (Phi) is 6.45. The van der Waals surface area contributed by atoms with Gasteiger partial charge in [0.1, 0.15) is 11.6 Å². The minimum atomic E-state index is -0.658. The molecule has 2 rings (SSSR count). The summed E-state index contributed by atoms with van der Waals surface area (Å²) < 4.78 is 13.3. The number of carbonyl (C=O) groups is 2. The molecule has 0 aliphatic carbocycles. The van der Waals surface area contributed by atoms with Gasteiger partial charge < -0.3 is 15.7 Å². The van der Waals surface area contributed by atoms with Crippen LogP contribution < -0.4 is 10.6 Å². The molecule has 1 aromatic carbocycles. The van der Waals surface area contributed by atoms with Crippen molar-refractivity contribution in [1.29, 1.82) is 0 Å². The van der Waals surface area contributed by atoms with E-state index in [1.54, 1.807) is 12.1 Å². The van der Waals surface area contributed by atoms with Crippen LogP contribution in [0.4, 0.5) is 4.39 Å². The van der Waals surface area contributed by atoms with Gasteiger partial charge in [0, 0.05) is 18.3 Å². The molecular weight excluding hydrogens is 325 g/mol. The Morgan fingerprint density at radius 2 is 2.00 bits per heavy atom. The summed E-state index contributed by atoms with van der Waals surface area (Å²) in [6.45, 7) is 2.36. The van der Waals surface area contributed by atoms with Crippen LogP contribution in [-0.2, 0) is 4.79 Å². The van der Waals surface area contributed by atoms with E-state index < -0.39 is 11.7 Å². The smallest absolute Gasteiger partial charge is 0.274 e. The second kappa shape index (κ2) is 8.77. The maximum absolute atomic E-state index is 13.3. The second-order valence-electron chi connectivity index (χ2n) is 5.49. The summed E-state index contributed by atoms with van der Waals surface area (Å²) in [4.78, 5) is 27.5. The number of benzene rings is 1. The average Bonchev–Trinajstić information content (AvgIpc) is 2.60. The summed E-state index contributed by atoms with van der Waals surface area (Å²) in [5, 5.41) is 15.1. The van der Waals surface area contributed by atoms with Gasteiger partial charge in [-0.05, 0) is 30.2 Å². The van der Waals surface area contributed by atoms with Gasteiger partial charge in [-0.15, -0.1) is 0 Å². The lowest BCUT2D eigenvalue weighted by Crippen LogP contribution is -2.37. The number of amides is 2. The van der Waals surface area contributed by atoms with Gasteiger partial charge in [0.05, 0.1) is 6.54 Å². The average molecular weight is 345 g/mol. The molecule has 7 heteroatoms. The summed E-state index contributed by atoms with van der Waals surface area (Å²) in [5.41, 5.74) is 0.817. The highest BCUT2D eigenvalue weighted by molar-refractivity contribution is 5.97. The molecule has 1 aromatic heterocycles. The molecule has 0 unspecified atom stereocenters. The Morgan fingerprint density at radius 3 is 2.68 bits per heavy atom. The Bertz CT molecular complexity index is 765. The summed E-state index contributed by atoms with van der Waals surface area (Å²) in [5.74, 6) is -1.72. The van der Waals surface area contributed by atoms with E-state index in [4.69, 9.17) is 0 Å². The molecule has 0 aliphatic rings. The molecule has 0 spiro atoms. The van der Waals surface area contributed by atoms with Crippen molar-refractivity contribution in [2.24, 2.45) is 0 Å². The zero-order chi connectivity index (χ0) is 18.2. The quantitative estimate of drug-likeness (QED) is 0.671. The van der Waals surface area contributed by atoms with E-state index in [0.29, 0.717) is 17.7 Å². The van der Waals surface area contributed by atoms with Crippen molar-refractivity contribution in [3.05, 3.63) is 48.0 Å². The standard InChI is InChI=1S/C18H20FN3O3/c1-2-3-7-20-16(24)11-22-18(25)17-15(23)9-13(10-21-17)12-5-4-6-14(19)8-12/h4-6,8-10,23H,2-3,7,11H2,1H3,(H,20,24)(H,22,25). The predicted molar refractivity (Wildman–Crippen MR) is 91.5 cm³/mol. The van der Waals surface area contributed by atoms with Crippen LogP contribution in [0.15, 0.2) is 36.5 Å². The molecule has 6 nitrogen and oxygen atoms in total. The number of nitrogens with zero attached hydrogens (tertiary/aromatic N) is 1. The van der Waals surface area contributed by atoms with E-state index >= 15 is 0 Å². The van der Waals surface area contributed by atoms with Gasteiger partial charge in [0.2, 0.25) is 5.91 Å². The molecule has 0 aliphatic heterocycles. The molecule has 0 saturated heterocycles. The van der Waals surface area contributed by atoms with Crippen LogP contribution >= 0.6 is 0 Å². The van der Waals surface area contributed by atoms with Gasteiger partial charge in [0.25, 0.3) is 5.91 Å². The normalized spacial score (nSPS) is 10.3. The first-order valence-corrected chi connectivity index (χ1v) is 8.01. The molecule has 2 aromatic rings. The van der Waals surface area contributed by atoms with Crippen molar-refractivity contribution in [3.8, 4) is 16.9 Å². The number of hydrogen-bond donors (Lipinski definition) is 3. The lowest BCUT2D eigenvalue weighted by molar-refractivity contribution is -0.120. The number of unbranched alkanes of at least 4 members (excludes halogenated alkanes) is 1. The van der Waals surface area contributed by atoms with Crippen LogP contribution in [0.2, 0.25) is 0 Å². The van der Waals surface area contributed by atoms with Gasteiger partial charge >= 0.3 is 0 Å². The number of nitrogens with one attached hydrogen (secondary N) is 2. The van der Waals surface area contributed by atoms with Crippen molar-refractivity contribution in [2.75, 3.05) is 13.1 Å². The first-order chi connectivity index (χ1) is 12.0. The third-order valence-electron chi connectivity index (χ3n) is 3.50. The zero-order valence-corrected chi connectivity index (χ0v) is 13.9. The van der Waals surface area contributed by atoms with Gasteiger partial charge in [-0.3, -0.25) is 9.59 Å². The summed E-state index contributed by atoms with van der Waals surface area (Å²) in [6.07, 6.45) is 3.19. The first-order valence-electron chi connectivity index (χ1n) is 8.01. The van der Waals surface area contributed by atoms with Crippen LogP contribution in [-0.4, -0.2) is 35.0 Å². The van der Waals surface area contributed by atoms with Crippen LogP contribution in [0.3, 0.4) is 0 Å². The van der Waals surface area contributed by atoms with Crippen molar-refractivity contribution in [1.82, 2.24) is 15.6 Å². The van der Waals surface area contributed by atoms with Crippen molar-refractivity contribution in [2.45, 2.75) is 19.8 Å². The van der Waals surface area contributed by atoms with Gasteiger partial charge in [-0.1, -0.05) is 25.5 Å². The van der Waals surface area contributed by atoms with E-state index in [1.807, 2.05) is 6.92 Å². The minimum absolute atomic E-state index is 0.193. The molecule has 0 radical (unpaired) electrons. The first kappa shape index (κ1) is 18.4. The van der Waals surface area contributed by atoms with Gasteiger partial charge in [0.15, 0.2) is 5.69 Å². The maximum Gasteiger partial charge on any atom is 0.274 e. The molecule has 3 N–H and O–H groups in total. The Balaban J connectivity index is 2.00. The van der Waals surface area contributed by atoms with Crippen molar-refractivity contribution in [3.63, 3.8) is 0 Å². The molecule has 25 heavy (non-hydrogen) atoms. The molecule has 0 atom stereocenters. The van der Waals surface area contributed by atoms with Gasteiger partial charge in [-0.25, -0.2) is 9.37 Å². The van der Waals surface area contributed by atoms with E-state index in [0.717, 1.165) is 12.8 Å². The highest BCUT2D eigenvalue weighted by atomic mass is 19.1. The Morgan fingerprint density at radius 1 is 1.20 bits per heavy atom. The largest absolute Gasteiger partial charge is 0.505 e. The molecule has 132 valence electrons. The molecule has 0 saturated carbocycles. The SMILES string of the molecule is CCCCNC(=O)CNC(=O)c1ncc(-c2cccc(F)c2)cc1O. The third kappa shape index (κ3) is 5.27. The fourth-order valence-corrected chi connectivity index (χ4v) is 2.17. The van der Waals surface area contributed by atoms with Crippen LogP contribution in [0.25, 0.3) is 11.1 Å². The number of pyridine rings is 1. The molecule has 1 heterocycles. The maximum atomic E-state index is 13.3. The topological polar surface area (TPSA) is 91.3 Å². The summed E-state index contributed by atoms with van der Waals surface area (Å²) >= 11 is 0. The van der Waals surface area contributed by atoms with E-state index in [1.165, 1.54) is 24.4 Å². The number of carbonyl (C=O) groups excluding carboxylic acids is 2. The zero-order valence-electron chi connectivity index (χ0n) is 13.9. The van der Waals surface area contributed by atoms with E-state index in [9.17, 15) is 19.1 Å². The Labute approximate surface area is 145 Å². The number of rotatable bonds is 7. The summed E-state index contributed by atoms with van der Waals surface area (Å²) in [6, 6.07) is 7.15. The minimum Gasteiger partial charge on any atom is -0.505 e. The fraction of sp³-hybridized carbons (Fsp3) is 0.278. The fourth-order valence-electron chi connectivity index (χ4n) is 2.17. The van der Waals surface area contributed by atoms with Crippen LogP contribution in [0.1, 0.15) is 30.3 Å². The van der Waals surface area contributed by atoms with Gasteiger partial charge in [-0.2, -0.15) is 0 Å². The number of aromatic nitrogens is 1. The van der Waals surface area contributed by atoms with Crippen LogP contribution in [0, 0.1) is 5.82 Å².